The van der Waals surface area contributed by atoms with E-state index in [2.05, 4.69) is 22.1 Å². The Morgan fingerprint density at radius 1 is 1.09 bits per heavy atom. The fraction of sp³-hybridized carbons (Fsp3) is 0.875. The third kappa shape index (κ3) is 1.38. The van der Waals surface area contributed by atoms with Crippen LogP contribution in [0, 0.1) is 5.41 Å². The first kappa shape index (κ1) is 7.10. The van der Waals surface area contributed by atoms with Gasteiger partial charge in [0, 0.05) is 18.2 Å². The van der Waals surface area contributed by atoms with Crippen LogP contribution in [0.5, 0.6) is 0 Å². The van der Waals surface area contributed by atoms with Crippen LogP contribution in [0.3, 0.4) is 0 Å². The van der Waals surface area contributed by atoms with E-state index in [0.29, 0.717) is 5.41 Å². The van der Waals surface area contributed by atoms with Gasteiger partial charge < -0.3 is 10.7 Å². The van der Waals surface area contributed by atoms with Gasteiger partial charge in [-0.1, -0.05) is 0 Å². The van der Waals surface area contributed by atoms with Crippen LogP contribution in [-0.4, -0.2) is 25.8 Å². The Hall–Kier alpha value is -0.570. The van der Waals surface area contributed by atoms with Crippen molar-refractivity contribution in [2.75, 3.05) is 19.6 Å². The summed E-state index contributed by atoms with van der Waals surface area (Å²) in [4.78, 5) is 0. The molecule has 0 aliphatic carbocycles. The summed E-state index contributed by atoms with van der Waals surface area (Å²) in [5, 5.41) is 7.53. The Labute approximate surface area is 67.2 Å². The van der Waals surface area contributed by atoms with Gasteiger partial charge >= 0.3 is 0 Å². The van der Waals surface area contributed by atoms with E-state index in [1.54, 1.807) is 0 Å². The number of nitrogens with one attached hydrogen (secondary N) is 2. The highest BCUT2D eigenvalue weighted by Gasteiger charge is 2.31. The first-order chi connectivity index (χ1) is 5.41. The van der Waals surface area contributed by atoms with Gasteiger partial charge in [0.1, 0.15) is 0 Å². The highest BCUT2D eigenvalue weighted by molar-refractivity contribution is 5.66. The van der Waals surface area contributed by atoms with Gasteiger partial charge in [-0.05, 0) is 32.4 Å². The van der Waals surface area contributed by atoms with Crippen molar-refractivity contribution < 1.29 is 0 Å². The summed E-state index contributed by atoms with van der Waals surface area (Å²) in [6.45, 7) is 3.37. The Kier molecular flexibility index (Phi) is 1.82. The molecule has 0 bridgehead atoms. The Morgan fingerprint density at radius 2 is 1.82 bits per heavy atom. The zero-order valence-electron chi connectivity index (χ0n) is 6.77. The lowest BCUT2D eigenvalue weighted by Crippen LogP contribution is -2.41. The molecule has 0 aromatic rings. The van der Waals surface area contributed by atoms with Gasteiger partial charge in [0.15, 0.2) is 0 Å². The van der Waals surface area contributed by atoms with Gasteiger partial charge in [-0.25, -0.2) is 0 Å². The largest absolute Gasteiger partial charge is 0.317 e. The molecular weight excluding hydrogens is 138 g/mol. The van der Waals surface area contributed by atoms with Crippen molar-refractivity contribution in [3.8, 4) is 0 Å². The molecule has 2 N–H and O–H groups in total. The van der Waals surface area contributed by atoms with Crippen LogP contribution in [0.4, 0.5) is 0 Å². The summed E-state index contributed by atoms with van der Waals surface area (Å²) in [5.41, 5.74) is 3.45. The number of hydrazone groups is 1. The first-order valence-corrected chi connectivity index (χ1v) is 4.39. The monoisotopic (exact) mass is 153 g/mol. The molecule has 0 saturated carbocycles. The summed E-state index contributed by atoms with van der Waals surface area (Å²) in [6.07, 6.45) is 5.91. The average Bonchev–Trinajstić information content (AvgIpc) is 2.07. The predicted octanol–water partition coefficient (Wildman–Crippen LogP) is 0.335. The van der Waals surface area contributed by atoms with E-state index in [1.165, 1.54) is 19.3 Å². The van der Waals surface area contributed by atoms with Gasteiger partial charge in [-0.2, -0.15) is 5.10 Å². The molecule has 1 fully saturated rings. The van der Waals surface area contributed by atoms with Crippen LogP contribution in [0.25, 0.3) is 0 Å². The lowest BCUT2D eigenvalue weighted by atomic mass is 9.77. The SMILES string of the molecule is C1=NNCCC12CCNCC2. The van der Waals surface area contributed by atoms with Gasteiger partial charge in [0.05, 0.1) is 0 Å². The first-order valence-electron chi connectivity index (χ1n) is 4.39. The second-order valence-corrected chi connectivity index (χ2v) is 3.53. The third-order valence-corrected chi connectivity index (χ3v) is 2.76. The minimum atomic E-state index is 0.441. The number of hydrogen-bond donors (Lipinski definition) is 2. The van der Waals surface area contributed by atoms with E-state index in [1.807, 2.05) is 0 Å². The highest BCUT2D eigenvalue weighted by Crippen LogP contribution is 2.31. The Balaban J connectivity index is 2.06. The van der Waals surface area contributed by atoms with Crippen LogP contribution < -0.4 is 10.7 Å². The van der Waals surface area contributed by atoms with Crippen molar-refractivity contribution in [1.29, 1.82) is 0 Å². The fourth-order valence-electron chi connectivity index (χ4n) is 1.92. The van der Waals surface area contributed by atoms with E-state index in [4.69, 9.17) is 0 Å². The maximum atomic E-state index is 4.15. The molecule has 1 spiro atoms. The molecule has 3 heteroatoms. The summed E-state index contributed by atoms with van der Waals surface area (Å²) in [6, 6.07) is 0. The highest BCUT2D eigenvalue weighted by atomic mass is 15.3. The van der Waals surface area contributed by atoms with Crippen molar-refractivity contribution in [3.05, 3.63) is 0 Å². The number of piperidine rings is 1. The lowest BCUT2D eigenvalue weighted by molar-refractivity contribution is 0.271. The van der Waals surface area contributed by atoms with Gasteiger partial charge in [-0.3, -0.25) is 0 Å². The van der Waals surface area contributed by atoms with Crippen LogP contribution in [0.1, 0.15) is 19.3 Å². The zero-order chi connectivity index (χ0) is 7.57. The van der Waals surface area contributed by atoms with Crippen LogP contribution in [0.15, 0.2) is 5.10 Å². The van der Waals surface area contributed by atoms with E-state index in [0.717, 1.165) is 19.6 Å². The number of hydrogen-bond acceptors (Lipinski definition) is 3. The molecule has 2 aliphatic heterocycles. The second kappa shape index (κ2) is 2.81. The summed E-state index contributed by atoms with van der Waals surface area (Å²) in [5.74, 6) is 0. The smallest absolute Gasteiger partial charge is 0.0338 e. The molecule has 2 aliphatic rings. The summed E-state index contributed by atoms with van der Waals surface area (Å²) in [7, 11) is 0. The zero-order valence-corrected chi connectivity index (χ0v) is 6.77. The molecule has 0 atom stereocenters. The predicted molar refractivity (Wildman–Crippen MR) is 45.6 cm³/mol. The Bertz CT molecular complexity index is 159. The summed E-state index contributed by atoms with van der Waals surface area (Å²) < 4.78 is 0. The van der Waals surface area contributed by atoms with Crippen LogP contribution in [0.2, 0.25) is 0 Å². The second-order valence-electron chi connectivity index (χ2n) is 3.53. The minimum Gasteiger partial charge on any atom is -0.317 e. The molecular formula is C8H15N3. The van der Waals surface area contributed by atoms with Crippen molar-refractivity contribution in [3.63, 3.8) is 0 Å². The van der Waals surface area contributed by atoms with Gasteiger partial charge in [-0.15, -0.1) is 0 Å². The molecule has 1 saturated heterocycles. The molecule has 11 heavy (non-hydrogen) atoms. The number of rotatable bonds is 0. The molecule has 2 heterocycles. The van der Waals surface area contributed by atoms with Gasteiger partial charge in [0.2, 0.25) is 0 Å². The van der Waals surface area contributed by atoms with E-state index < -0.39 is 0 Å². The third-order valence-electron chi connectivity index (χ3n) is 2.76. The van der Waals surface area contributed by atoms with Crippen molar-refractivity contribution >= 4 is 6.21 Å². The van der Waals surface area contributed by atoms with Crippen LogP contribution in [-0.2, 0) is 0 Å². The van der Waals surface area contributed by atoms with Crippen LogP contribution >= 0.6 is 0 Å². The molecule has 0 amide bonds. The van der Waals surface area contributed by atoms with Gasteiger partial charge in [0.25, 0.3) is 0 Å². The standard InChI is InChI=1S/C8H15N3/c1-4-9-5-2-8(1)3-6-10-11-7-8/h7,9-10H,1-6H2. The minimum absolute atomic E-state index is 0.441. The Morgan fingerprint density at radius 3 is 2.45 bits per heavy atom. The topological polar surface area (TPSA) is 36.4 Å². The van der Waals surface area contributed by atoms with E-state index in [-0.39, 0.29) is 0 Å². The average molecular weight is 153 g/mol. The molecule has 62 valence electrons. The molecule has 2 rings (SSSR count). The molecule has 0 radical (unpaired) electrons. The molecule has 0 aromatic carbocycles. The fourth-order valence-corrected chi connectivity index (χ4v) is 1.92. The van der Waals surface area contributed by atoms with E-state index >= 15 is 0 Å². The normalized spacial score (nSPS) is 28.4. The van der Waals surface area contributed by atoms with Crippen molar-refractivity contribution in [1.82, 2.24) is 10.7 Å². The summed E-state index contributed by atoms with van der Waals surface area (Å²) >= 11 is 0. The van der Waals surface area contributed by atoms with E-state index in [9.17, 15) is 0 Å². The molecule has 0 aromatic heterocycles. The molecule has 0 unspecified atom stereocenters. The molecule has 3 nitrogen and oxygen atoms in total. The van der Waals surface area contributed by atoms with Crippen molar-refractivity contribution in [2.45, 2.75) is 19.3 Å². The van der Waals surface area contributed by atoms with Crippen molar-refractivity contribution in [2.24, 2.45) is 10.5 Å². The number of nitrogens with zero attached hydrogens (tertiary/aromatic N) is 1. The quantitative estimate of drug-likeness (QED) is 0.526. The maximum Gasteiger partial charge on any atom is 0.0338 e. The maximum absolute atomic E-state index is 4.15. The lowest BCUT2D eigenvalue weighted by Gasteiger charge is -2.36.